The zero-order valence-corrected chi connectivity index (χ0v) is 24.0. The Kier molecular flexibility index (Phi) is 12.7. The Morgan fingerprint density at radius 1 is 0.762 bits per heavy atom. The normalized spacial score (nSPS) is 12.2. The van der Waals surface area contributed by atoms with Gasteiger partial charge in [-0.25, -0.2) is 9.59 Å². The summed E-state index contributed by atoms with van der Waals surface area (Å²) in [6, 6.07) is 21.1. The van der Waals surface area contributed by atoms with Gasteiger partial charge in [0, 0.05) is 6.08 Å². The minimum atomic E-state index is -4.61. The van der Waals surface area contributed by atoms with Crippen molar-refractivity contribution in [3.05, 3.63) is 90.0 Å². The maximum atomic E-state index is 13.1. The van der Waals surface area contributed by atoms with E-state index >= 15 is 0 Å². The fourth-order valence-electron chi connectivity index (χ4n) is 4.10. The average Bonchev–Trinajstić information content (AvgIpc) is 2.98. The molecule has 0 heterocycles. The number of rotatable bonds is 15. The van der Waals surface area contributed by atoms with Gasteiger partial charge in [0.1, 0.15) is 11.5 Å². The van der Waals surface area contributed by atoms with E-state index in [0.29, 0.717) is 30.6 Å². The highest BCUT2D eigenvalue weighted by atomic mass is 19.4. The molecule has 224 valence electrons. The summed E-state index contributed by atoms with van der Waals surface area (Å²) < 4.78 is 55.0. The summed E-state index contributed by atoms with van der Waals surface area (Å²) in [4.78, 5) is 24.5. The minimum absolute atomic E-state index is 0.274. The lowest BCUT2D eigenvalue weighted by Crippen LogP contribution is -2.33. The molecule has 0 bridgehead atoms. The molecule has 0 amide bonds. The first kappa shape index (κ1) is 32.4. The van der Waals surface area contributed by atoms with Crippen molar-refractivity contribution in [1.29, 1.82) is 0 Å². The zero-order valence-electron chi connectivity index (χ0n) is 24.0. The molecule has 1 atom stereocenters. The number of carbonyl (C=O) groups excluding carboxylic acids is 2. The number of carbonyl (C=O) groups is 2. The van der Waals surface area contributed by atoms with E-state index < -0.39 is 24.2 Å². The highest BCUT2D eigenvalue weighted by Gasteiger charge is 2.41. The summed E-state index contributed by atoms with van der Waals surface area (Å²) in [6.07, 6.45) is 0.749. The third kappa shape index (κ3) is 10.7. The molecular formula is C34H37F3O5. The number of hydrogen-bond acceptors (Lipinski definition) is 5. The first-order valence-corrected chi connectivity index (χ1v) is 14.3. The third-order valence-electron chi connectivity index (χ3n) is 6.52. The average molecular weight is 583 g/mol. The molecule has 5 nitrogen and oxygen atoms in total. The molecule has 0 aliphatic heterocycles. The molecule has 42 heavy (non-hydrogen) atoms. The molecule has 3 aromatic rings. The van der Waals surface area contributed by atoms with Crippen molar-refractivity contribution in [2.75, 3.05) is 6.61 Å². The molecule has 1 unspecified atom stereocenters. The number of unbranched alkanes of at least 4 members (excludes halogenated alkanes) is 4. The molecule has 8 heteroatoms. The van der Waals surface area contributed by atoms with E-state index in [4.69, 9.17) is 9.47 Å². The van der Waals surface area contributed by atoms with Crippen LogP contribution in [-0.2, 0) is 9.53 Å². The molecular weight excluding hydrogens is 545 g/mol. The molecule has 0 aliphatic rings. The highest BCUT2D eigenvalue weighted by Crippen LogP contribution is 2.27. The van der Waals surface area contributed by atoms with Gasteiger partial charge >= 0.3 is 18.1 Å². The van der Waals surface area contributed by atoms with Crippen LogP contribution in [0.1, 0.15) is 74.7 Å². The van der Waals surface area contributed by atoms with E-state index in [2.05, 4.69) is 11.7 Å². The molecule has 0 N–H and O–H groups in total. The predicted octanol–water partition coefficient (Wildman–Crippen LogP) is 9.21. The van der Waals surface area contributed by atoms with Crippen LogP contribution in [0.15, 0.2) is 78.9 Å². The fourth-order valence-corrected chi connectivity index (χ4v) is 4.10. The van der Waals surface area contributed by atoms with Gasteiger partial charge in [0.15, 0.2) is 6.10 Å². The largest absolute Gasteiger partial charge is 0.494 e. The van der Waals surface area contributed by atoms with Crippen molar-refractivity contribution >= 4 is 18.0 Å². The van der Waals surface area contributed by atoms with Crippen LogP contribution in [0.5, 0.6) is 11.5 Å². The lowest BCUT2D eigenvalue weighted by molar-refractivity contribution is -0.220. The third-order valence-corrected chi connectivity index (χ3v) is 6.52. The Labute approximate surface area is 245 Å². The fraction of sp³-hybridized carbons (Fsp3) is 0.353. The lowest BCUT2D eigenvalue weighted by atomic mass is 10.0. The zero-order chi connectivity index (χ0) is 30.4. The summed E-state index contributed by atoms with van der Waals surface area (Å²) in [5.41, 5.74) is 2.85. The number of alkyl halides is 3. The van der Waals surface area contributed by atoms with Crippen molar-refractivity contribution in [2.24, 2.45) is 0 Å². The lowest BCUT2D eigenvalue weighted by Gasteiger charge is -2.19. The smallest absolute Gasteiger partial charge is 0.425 e. The van der Waals surface area contributed by atoms with Gasteiger partial charge in [0.2, 0.25) is 0 Å². The van der Waals surface area contributed by atoms with E-state index in [1.165, 1.54) is 37.5 Å². The topological polar surface area (TPSA) is 61.8 Å². The SMILES string of the molecule is CCCCCCOc1ccc(-c2ccc(C(=O)Oc3ccc(C=CC(=O)OC(CCCC)C(F)(F)F)cc3)cc2)cc1. The van der Waals surface area contributed by atoms with E-state index in [0.717, 1.165) is 29.4 Å². The second kappa shape index (κ2) is 16.4. The first-order chi connectivity index (χ1) is 20.2. The van der Waals surface area contributed by atoms with Gasteiger partial charge in [-0.1, -0.05) is 75.9 Å². The van der Waals surface area contributed by atoms with Crippen LogP contribution in [0, 0.1) is 0 Å². The van der Waals surface area contributed by atoms with Crippen molar-refractivity contribution in [2.45, 2.75) is 71.1 Å². The summed E-state index contributed by atoms with van der Waals surface area (Å²) >= 11 is 0. The maximum Gasteiger partial charge on any atom is 0.425 e. The number of hydrogen-bond donors (Lipinski definition) is 0. The van der Waals surface area contributed by atoms with Gasteiger partial charge < -0.3 is 14.2 Å². The summed E-state index contributed by atoms with van der Waals surface area (Å²) in [6.45, 7) is 4.65. The monoisotopic (exact) mass is 582 g/mol. The van der Waals surface area contributed by atoms with Crippen LogP contribution in [0.25, 0.3) is 17.2 Å². The quantitative estimate of drug-likeness (QED) is 0.0774. The molecule has 0 fully saturated rings. The maximum absolute atomic E-state index is 13.1. The Hall–Kier alpha value is -4.07. The Morgan fingerprint density at radius 2 is 1.36 bits per heavy atom. The number of ether oxygens (including phenoxy) is 3. The summed E-state index contributed by atoms with van der Waals surface area (Å²) in [7, 11) is 0. The van der Waals surface area contributed by atoms with Gasteiger partial charge in [-0.05, 0) is 78.4 Å². The molecule has 0 aromatic heterocycles. The van der Waals surface area contributed by atoms with Gasteiger partial charge in [-0.15, -0.1) is 0 Å². The molecule has 0 saturated carbocycles. The molecule has 0 radical (unpaired) electrons. The predicted molar refractivity (Wildman–Crippen MR) is 157 cm³/mol. The second-order valence-corrected chi connectivity index (χ2v) is 9.91. The van der Waals surface area contributed by atoms with E-state index in [1.54, 1.807) is 31.2 Å². The van der Waals surface area contributed by atoms with Gasteiger partial charge in [0.25, 0.3) is 0 Å². The van der Waals surface area contributed by atoms with Crippen molar-refractivity contribution < 1.29 is 37.0 Å². The standard InChI is InChI=1S/C34H37F3O5/c1-3-5-7-8-24-40-29-21-17-27(18-22-29)26-13-15-28(16-14-26)33(39)41-30-19-10-25(11-20-30)12-23-32(38)42-31(9-6-4-2)34(35,36)37/h10-23,31H,3-9,24H2,1-2H3. The van der Waals surface area contributed by atoms with Crippen molar-refractivity contribution in [3.63, 3.8) is 0 Å². The molecule has 0 saturated heterocycles. The molecule has 0 spiro atoms. The molecule has 3 rings (SSSR count). The highest BCUT2D eigenvalue weighted by molar-refractivity contribution is 5.91. The molecule has 0 aliphatic carbocycles. The van der Waals surface area contributed by atoms with Crippen LogP contribution in [0.2, 0.25) is 0 Å². The van der Waals surface area contributed by atoms with E-state index in [-0.39, 0.29) is 12.2 Å². The van der Waals surface area contributed by atoms with Crippen LogP contribution in [0.4, 0.5) is 13.2 Å². The van der Waals surface area contributed by atoms with Crippen LogP contribution in [0.3, 0.4) is 0 Å². The Bertz CT molecular complexity index is 1280. The van der Waals surface area contributed by atoms with Gasteiger partial charge in [0.05, 0.1) is 12.2 Å². The van der Waals surface area contributed by atoms with Gasteiger partial charge in [-0.2, -0.15) is 13.2 Å². The van der Waals surface area contributed by atoms with Gasteiger partial charge in [-0.3, -0.25) is 0 Å². The molecule has 3 aromatic carbocycles. The summed E-state index contributed by atoms with van der Waals surface area (Å²) in [5, 5.41) is 0. The summed E-state index contributed by atoms with van der Waals surface area (Å²) in [5.74, 6) is -0.500. The van der Waals surface area contributed by atoms with Crippen LogP contribution >= 0.6 is 0 Å². The number of benzene rings is 3. The van der Waals surface area contributed by atoms with Crippen LogP contribution in [-0.4, -0.2) is 30.8 Å². The Balaban J connectivity index is 1.51. The van der Waals surface area contributed by atoms with Crippen LogP contribution < -0.4 is 9.47 Å². The van der Waals surface area contributed by atoms with Crippen molar-refractivity contribution in [3.8, 4) is 22.6 Å². The van der Waals surface area contributed by atoms with E-state index in [9.17, 15) is 22.8 Å². The van der Waals surface area contributed by atoms with Crippen molar-refractivity contribution in [1.82, 2.24) is 0 Å². The van der Waals surface area contributed by atoms with E-state index in [1.807, 2.05) is 36.4 Å². The number of halogens is 3. The number of esters is 2. The Morgan fingerprint density at radius 3 is 1.95 bits per heavy atom. The first-order valence-electron chi connectivity index (χ1n) is 14.3. The second-order valence-electron chi connectivity index (χ2n) is 9.91. The minimum Gasteiger partial charge on any atom is -0.494 e.